The lowest BCUT2D eigenvalue weighted by Crippen LogP contribution is -2.27. The van der Waals surface area contributed by atoms with Gasteiger partial charge in [-0.1, -0.05) is 6.07 Å². The van der Waals surface area contributed by atoms with Crippen LogP contribution in [-0.2, 0) is 6.18 Å². The fraction of sp³-hybridized carbons (Fsp3) is 0.143. The first-order valence-corrected chi connectivity index (χ1v) is 9.29. The van der Waals surface area contributed by atoms with Gasteiger partial charge < -0.3 is 14.6 Å². The van der Waals surface area contributed by atoms with Crippen molar-refractivity contribution in [2.45, 2.75) is 12.3 Å². The Morgan fingerprint density at radius 1 is 1.13 bits per heavy atom. The number of carbonyl (C=O) groups is 1. The molecular weight excluding hydrogens is 411 g/mol. The average Bonchev–Trinajstić information content (AvgIpc) is 3.08. The molecule has 0 fully saturated rings. The van der Waals surface area contributed by atoms with E-state index in [0.717, 1.165) is 10.6 Å². The van der Waals surface area contributed by atoms with Gasteiger partial charge >= 0.3 is 6.18 Å². The lowest BCUT2D eigenvalue weighted by molar-refractivity contribution is -0.142. The molecular formula is C21H14F3N5O2. The molecule has 31 heavy (non-hydrogen) atoms. The van der Waals surface area contributed by atoms with Gasteiger partial charge in [0.1, 0.15) is 23.7 Å². The second kappa shape index (κ2) is 7.08. The predicted molar refractivity (Wildman–Crippen MR) is 104 cm³/mol. The molecule has 5 rings (SSSR count). The van der Waals surface area contributed by atoms with Crippen molar-refractivity contribution in [3.63, 3.8) is 0 Å². The minimum atomic E-state index is -4.56. The van der Waals surface area contributed by atoms with Crippen LogP contribution in [0.4, 0.5) is 13.2 Å². The maximum Gasteiger partial charge on any atom is 0.431 e. The van der Waals surface area contributed by atoms with Gasteiger partial charge in [-0.3, -0.25) is 9.78 Å². The number of hydrogen-bond donors (Lipinski definition) is 1. The van der Waals surface area contributed by atoms with Gasteiger partial charge in [0.15, 0.2) is 0 Å². The Morgan fingerprint density at radius 3 is 2.77 bits per heavy atom. The zero-order valence-electron chi connectivity index (χ0n) is 15.8. The van der Waals surface area contributed by atoms with Crippen LogP contribution in [0.5, 0.6) is 5.88 Å². The third-order valence-electron chi connectivity index (χ3n) is 5.01. The van der Waals surface area contributed by atoms with E-state index in [-0.39, 0.29) is 23.9 Å². The Hall–Kier alpha value is -3.95. The van der Waals surface area contributed by atoms with Crippen LogP contribution in [-0.4, -0.2) is 32.0 Å². The summed E-state index contributed by atoms with van der Waals surface area (Å²) in [5.41, 5.74) is 0.691. The molecule has 1 amide bonds. The minimum Gasteiger partial charge on any atom is -0.467 e. The fourth-order valence-corrected chi connectivity index (χ4v) is 3.62. The van der Waals surface area contributed by atoms with Gasteiger partial charge in [0.2, 0.25) is 5.88 Å². The molecule has 1 unspecified atom stereocenters. The van der Waals surface area contributed by atoms with Crippen molar-refractivity contribution in [2.75, 3.05) is 6.54 Å². The first-order chi connectivity index (χ1) is 14.9. The largest absolute Gasteiger partial charge is 0.467 e. The molecule has 0 radical (unpaired) electrons. The number of aromatic nitrogens is 4. The molecule has 4 heterocycles. The van der Waals surface area contributed by atoms with Crippen LogP contribution in [0.2, 0.25) is 0 Å². The van der Waals surface area contributed by atoms with Crippen molar-refractivity contribution >= 4 is 16.8 Å². The SMILES string of the molecule is O=C1NCC(c2ccc3c(c2)cc(C(F)(F)F)n3-c2cccnc2)Oc2ncncc21. The van der Waals surface area contributed by atoms with Crippen molar-refractivity contribution < 1.29 is 22.7 Å². The van der Waals surface area contributed by atoms with E-state index in [1.807, 2.05) is 0 Å². The Balaban J connectivity index is 1.61. The summed E-state index contributed by atoms with van der Waals surface area (Å²) in [5.74, 6) is -0.250. The molecule has 1 aromatic carbocycles. The van der Waals surface area contributed by atoms with Gasteiger partial charge in [0.05, 0.1) is 23.9 Å². The van der Waals surface area contributed by atoms with Crippen LogP contribution < -0.4 is 10.1 Å². The average molecular weight is 425 g/mol. The highest BCUT2D eigenvalue weighted by atomic mass is 19.4. The van der Waals surface area contributed by atoms with Gasteiger partial charge in [-0.25, -0.2) is 9.97 Å². The predicted octanol–water partition coefficient (Wildman–Crippen LogP) is 3.70. The van der Waals surface area contributed by atoms with E-state index >= 15 is 0 Å². The molecule has 1 N–H and O–H groups in total. The lowest BCUT2D eigenvalue weighted by atomic mass is 10.1. The van der Waals surface area contributed by atoms with E-state index in [1.165, 1.54) is 24.9 Å². The van der Waals surface area contributed by atoms with Crippen molar-refractivity contribution in [1.29, 1.82) is 0 Å². The molecule has 0 spiro atoms. The number of alkyl halides is 3. The highest BCUT2D eigenvalue weighted by Gasteiger charge is 2.36. The molecule has 1 atom stereocenters. The van der Waals surface area contributed by atoms with Crippen molar-refractivity contribution in [1.82, 2.24) is 24.8 Å². The van der Waals surface area contributed by atoms with E-state index in [2.05, 4.69) is 20.3 Å². The second-order valence-corrected chi connectivity index (χ2v) is 6.95. The highest BCUT2D eigenvalue weighted by molar-refractivity contribution is 5.96. The summed E-state index contributed by atoms with van der Waals surface area (Å²) in [4.78, 5) is 24.0. The van der Waals surface area contributed by atoms with E-state index in [9.17, 15) is 18.0 Å². The summed E-state index contributed by atoms with van der Waals surface area (Å²) in [7, 11) is 0. The highest BCUT2D eigenvalue weighted by Crippen LogP contribution is 2.37. The molecule has 0 saturated heterocycles. The number of hydrogen-bond acceptors (Lipinski definition) is 5. The topological polar surface area (TPSA) is 81.9 Å². The van der Waals surface area contributed by atoms with Crippen LogP contribution >= 0.6 is 0 Å². The molecule has 7 nitrogen and oxygen atoms in total. The molecule has 156 valence electrons. The van der Waals surface area contributed by atoms with Crippen LogP contribution in [0.25, 0.3) is 16.6 Å². The molecule has 0 aliphatic carbocycles. The number of pyridine rings is 1. The summed E-state index contributed by atoms with van der Waals surface area (Å²) in [6.07, 6.45) is 0.315. The monoisotopic (exact) mass is 425 g/mol. The fourth-order valence-electron chi connectivity index (χ4n) is 3.62. The van der Waals surface area contributed by atoms with Gasteiger partial charge in [0, 0.05) is 17.8 Å². The van der Waals surface area contributed by atoms with Crippen LogP contribution in [0.3, 0.4) is 0 Å². The van der Waals surface area contributed by atoms with E-state index in [0.29, 0.717) is 22.2 Å². The number of rotatable bonds is 2. The summed E-state index contributed by atoms with van der Waals surface area (Å²) < 4.78 is 48.3. The molecule has 4 aromatic rings. The van der Waals surface area contributed by atoms with Crippen molar-refractivity contribution in [3.8, 4) is 11.6 Å². The smallest absolute Gasteiger partial charge is 0.431 e. The van der Waals surface area contributed by atoms with Crippen LogP contribution in [0, 0.1) is 0 Å². The lowest BCUT2D eigenvalue weighted by Gasteiger charge is -2.17. The maximum absolute atomic E-state index is 13.8. The minimum absolute atomic E-state index is 0.124. The quantitative estimate of drug-likeness (QED) is 0.530. The molecule has 3 aromatic heterocycles. The number of ether oxygens (including phenoxy) is 1. The third-order valence-corrected chi connectivity index (χ3v) is 5.01. The first kappa shape index (κ1) is 19.0. The first-order valence-electron chi connectivity index (χ1n) is 9.29. The number of halogens is 3. The zero-order valence-corrected chi connectivity index (χ0v) is 15.8. The second-order valence-electron chi connectivity index (χ2n) is 6.95. The number of carbonyl (C=O) groups excluding carboxylic acids is 1. The van der Waals surface area contributed by atoms with E-state index in [4.69, 9.17) is 4.74 Å². The zero-order chi connectivity index (χ0) is 21.6. The number of nitrogens with zero attached hydrogens (tertiary/aromatic N) is 4. The summed E-state index contributed by atoms with van der Waals surface area (Å²) in [6, 6.07) is 9.15. The Bertz CT molecular complexity index is 1290. The molecule has 0 bridgehead atoms. The third kappa shape index (κ3) is 3.35. The maximum atomic E-state index is 13.8. The number of benzene rings is 1. The summed E-state index contributed by atoms with van der Waals surface area (Å²) in [5, 5.41) is 3.11. The Kier molecular flexibility index (Phi) is 4.35. The van der Waals surface area contributed by atoms with E-state index < -0.39 is 18.0 Å². The molecule has 1 aliphatic rings. The van der Waals surface area contributed by atoms with Gasteiger partial charge in [-0.15, -0.1) is 0 Å². The standard InChI is InChI=1S/C21H14F3N5O2/c22-21(23,24)18-7-13-6-12(3-4-16(13)29(18)14-2-1-5-25-8-14)17-10-27-19(30)15-9-26-11-28-20(15)31-17/h1-9,11,17H,10H2,(H,27,30). The van der Waals surface area contributed by atoms with Gasteiger partial charge in [-0.2, -0.15) is 13.2 Å². The molecule has 1 aliphatic heterocycles. The normalized spacial score (nSPS) is 16.4. The Morgan fingerprint density at radius 2 is 2.00 bits per heavy atom. The Labute approximate surface area is 173 Å². The van der Waals surface area contributed by atoms with Crippen LogP contribution in [0.15, 0.2) is 61.3 Å². The number of nitrogens with one attached hydrogen (secondary N) is 1. The molecule has 0 saturated carbocycles. The number of fused-ring (bicyclic) bond motifs is 2. The van der Waals surface area contributed by atoms with Gasteiger partial charge in [-0.05, 0) is 35.9 Å². The number of amides is 1. The van der Waals surface area contributed by atoms with Crippen molar-refractivity contribution in [2.24, 2.45) is 0 Å². The van der Waals surface area contributed by atoms with Crippen LogP contribution in [0.1, 0.15) is 27.7 Å². The molecule has 10 heteroatoms. The van der Waals surface area contributed by atoms with E-state index in [1.54, 1.807) is 30.3 Å². The van der Waals surface area contributed by atoms with Crippen molar-refractivity contribution in [3.05, 3.63) is 78.1 Å². The summed E-state index contributed by atoms with van der Waals surface area (Å²) >= 11 is 0. The van der Waals surface area contributed by atoms with Gasteiger partial charge in [0.25, 0.3) is 5.91 Å². The summed E-state index contributed by atoms with van der Waals surface area (Å²) in [6.45, 7) is 0.135.